The second-order valence-electron chi connectivity index (χ2n) is 3.93. The van der Waals surface area contributed by atoms with Gasteiger partial charge in [0.1, 0.15) is 0 Å². The maximum Gasteiger partial charge on any atom is 0.220 e. The van der Waals surface area contributed by atoms with Crippen molar-refractivity contribution in [1.29, 1.82) is 0 Å². The van der Waals surface area contributed by atoms with Crippen LogP contribution in [-0.2, 0) is 11.2 Å². The fourth-order valence-electron chi connectivity index (χ4n) is 1.76. The number of fused-ring (bicyclic) bond motifs is 1. The van der Waals surface area contributed by atoms with Crippen molar-refractivity contribution in [2.75, 3.05) is 7.05 Å². The lowest BCUT2D eigenvalue weighted by Gasteiger charge is -2.00. The van der Waals surface area contributed by atoms with Crippen molar-refractivity contribution < 1.29 is 4.79 Å². The lowest BCUT2D eigenvalue weighted by Crippen LogP contribution is -2.17. The Morgan fingerprint density at radius 3 is 3.00 bits per heavy atom. The van der Waals surface area contributed by atoms with Gasteiger partial charge >= 0.3 is 0 Å². The van der Waals surface area contributed by atoms with E-state index in [1.807, 2.05) is 0 Å². The van der Waals surface area contributed by atoms with Gasteiger partial charge in [0.2, 0.25) is 5.91 Å². The average Bonchev–Trinajstić information content (AvgIpc) is 2.68. The molecule has 0 aliphatic rings. The molecule has 1 amide bonds. The molecule has 1 N–H and O–H groups in total. The van der Waals surface area contributed by atoms with Crippen LogP contribution in [0.25, 0.3) is 10.1 Å². The second-order valence-corrected chi connectivity index (χ2v) is 4.84. The van der Waals surface area contributed by atoms with Crippen LogP contribution >= 0.6 is 11.3 Å². The minimum atomic E-state index is 0.104. The molecule has 0 fully saturated rings. The summed E-state index contributed by atoms with van der Waals surface area (Å²) in [6.45, 7) is 2.10. The van der Waals surface area contributed by atoms with Crippen molar-refractivity contribution in [2.45, 2.75) is 19.8 Å². The molecular formula is C13H15NOS. The summed E-state index contributed by atoms with van der Waals surface area (Å²) in [5, 5.41) is 6.11. The zero-order valence-corrected chi connectivity index (χ0v) is 10.4. The van der Waals surface area contributed by atoms with Crippen LogP contribution in [0.1, 0.15) is 17.5 Å². The van der Waals surface area contributed by atoms with E-state index >= 15 is 0 Å². The van der Waals surface area contributed by atoms with Crippen LogP contribution in [0.2, 0.25) is 0 Å². The van der Waals surface area contributed by atoms with Gasteiger partial charge in [0.25, 0.3) is 0 Å². The SMILES string of the molecule is CNC(=O)CCc1csc2ccc(C)cc12. The van der Waals surface area contributed by atoms with Crippen LogP contribution in [-0.4, -0.2) is 13.0 Å². The number of carbonyl (C=O) groups is 1. The number of rotatable bonds is 3. The topological polar surface area (TPSA) is 29.1 Å². The maximum absolute atomic E-state index is 11.2. The van der Waals surface area contributed by atoms with Crippen LogP contribution in [0.3, 0.4) is 0 Å². The zero-order valence-electron chi connectivity index (χ0n) is 9.54. The van der Waals surface area contributed by atoms with E-state index in [-0.39, 0.29) is 5.91 Å². The highest BCUT2D eigenvalue weighted by Crippen LogP contribution is 2.27. The summed E-state index contributed by atoms with van der Waals surface area (Å²) in [5.74, 6) is 0.104. The van der Waals surface area contributed by atoms with Gasteiger partial charge in [-0.25, -0.2) is 0 Å². The first-order chi connectivity index (χ1) is 7.70. The Bertz CT molecular complexity index is 516. The van der Waals surface area contributed by atoms with Gasteiger partial charge in [-0.05, 0) is 35.7 Å². The lowest BCUT2D eigenvalue weighted by atomic mass is 10.1. The first-order valence-electron chi connectivity index (χ1n) is 5.38. The van der Waals surface area contributed by atoms with Gasteiger partial charge in [0.05, 0.1) is 0 Å². The number of hydrogen-bond acceptors (Lipinski definition) is 2. The molecule has 1 heterocycles. The highest BCUT2D eigenvalue weighted by Gasteiger charge is 2.06. The molecule has 2 nitrogen and oxygen atoms in total. The van der Waals surface area contributed by atoms with E-state index in [4.69, 9.17) is 0 Å². The molecule has 0 bridgehead atoms. The van der Waals surface area contributed by atoms with E-state index in [0.29, 0.717) is 6.42 Å². The van der Waals surface area contributed by atoms with Gasteiger partial charge < -0.3 is 5.32 Å². The molecule has 84 valence electrons. The number of hydrogen-bond donors (Lipinski definition) is 1. The van der Waals surface area contributed by atoms with Gasteiger partial charge in [-0.2, -0.15) is 0 Å². The Labute approximate surface area is 99.3 Å². The van der Waals surface area contributed by atoms with Crippen LogP contribution in [0, 0.1) is 6.92 Å². The predicted octanol–water partition coefficient (Wildman–Crippen LogP) is 2.89. The molecule has 0 aliphatic heterocycles. The highest BCUT2D eigenvalue weighted by atomic mass is 32.1. The molecule has 0 radical (unpaired) electrons. The Kier molecular flexibility index (Phi) is 3.25. The van der Waals surface area contributed by atoms with E-state index in [0.717, 1.165) is 6.42 Å². The Morgan fingerprint density at radius 2 is 2.25 bits per heavy atom. The van der Waals surface area contributed by atoms with Gasteiger partial charge in [-0.1, -0.05) is 17.7 Å². The van der Waals surface area contributed by atoms with Gasteiger partial charge in [-0.15, -0.1) is 11.3 Å². The number of aryl methyl sites for hydroxylation is 2. The molecule has 2 aromatic rings. The molecule has 0 aliphatic carbocycles. The van der Waals surface area contributed by atoms with E-state index in [1.165, 1.54) is 21.2 Å². The standard InChI is InChI=1S/C13H15NOS/c1-9-3-5-12-11(7-9)10(8-16-12)4-6-13(15)14-2/h3,5,7-8H,4,6H2,1-2H3,(H,14,15). The number of thiophene rings is 1. The van der Waals surface area contributed by atoms with Crippen LogP contribution in [0.4, 0.5) is 0 Å². The minimum absolute atomic E-state index is 0.104. The summed E-state index contributed by atoms with van der Waals surface area (Å²) >= 11 is 1.75. The van der Waals surface area contributed by atoms with Gasteiger partial charge in [0, 0.05) is 18.2 Å². The largest absolute Gasteiger partial charge is 0.359 e. The summed E-state index contributed by atoms with van der Waals surface area (Å²) in [6.07, 6.45) is 1.39. The average molecular weight is 233 g/mol. The maximum atomic E-state index is 11.2. The smallest absolute Gasteiger partial charge is 0.220 e. The molecular weight excluding hydrogens is 218 g/mol. The molecule has 0 saturated carbocycles. The van der Waals surface area contributed by atoms with E-state index in [2.05, 4.69) is 35.8 Å². The van der Waals surface area contributed by atoms with Crippen LogP contribution < -0.4 is 5.32 Å². The number of benzene rings is 1. The molecule has 0 saturated heterocycles. The van der Waals surface area contributed by atoms with Gasteiger partial charge in [-0.3, -0.25) is 4.79 Å². The fourth-order valence-corrected chi connectivity index (χ4v) is 2.74. The highest BCUT2D eigenvalue weighted by molar-refractivity contribution is 7.17. The third-order valence-electron chi connectivity index (χ3n) is 2.71. The molecule has 1 aromatic carbocycles. The Hall–Kier alpha value is -1.35. The van der Waals surface area contributed by atoms with E-state index < -0.39 is 0 Å². The molecule has 1 aromatic heterocycles. The summed E-state index contributed by atoms with van der Waals surface area (Å²) in [4.78, 5) is 11.2. The zero-order chi connectivity index (χ0) is 11.5. The molecule has 16 heavy (non-hydrogen) atoms. The fraction of sp³-hybridized carbons (Fsp3) is 0.308. The minimum Gasteiger partial charge on any atom is -0.359 e. The Balaban J connectivity index is 2.24. The van der Waals surface area contributed by atoms with Crippen molar-refractivity contribution in [2.24, 2.45) is 0 Å². The second kappa shape index (κ2) is 4.66. The summed E-state index contributed by atoms with van der Waals surface area (Å²) in [7, 11) is 1.68. The first-order valence-corrected chi connectivity index (χ1v) is 6.26. The van der Waals surface area contributed by atoms with Crippen LogP contribution in [0.15, 0.2) is 23.6 Å². The van der Waals surface area contributed by atoms with Crippen molar-refractivity contribution >= 4 is 27.3 Å². The van der Waals surface area contributed by atoms with Gasteiger partial charge in [0.15, 0.2) is 0 Å². The van der Waals surface area contributed by atoms with Crippen molar-refractivity contribution in [3.8, 4) is 0 Å². The number of amides is 1. The van der Waals surface area contributed by atoms with Crippen molar-refractivity contribution in [1.82, 2.24) is 5.32 Å². The van der Waals surface area contributed by atoms with Crippen molar-refractivity contribution in [3.05, 3.63) is 34.7 Å². The number of nitrogens with one attached hydrogen (secondary N) is 1. The third-order valence-corrected chi connectivity index (χ3v) is 3.72. The number of carbonyl (C=O) groups excluding carboxylic acids is 1. The summed E-state index contributed by atoms with van der Waals surface area (Å²) in [6, 6.07) is 6.48. The monoisotopic (exact) mass is 233 g/mol. The Morgan fingerprint density at radius 1 is 1.44 bits per heavy atom. The lowest BCUT2D eigenvalue weighted by molar-refractivity contribution is -0.120. The van der Waals surface area contributed by atoms with E-state index in [9.17, 15) is 4.79 Å². The predicted molar refractivity (Wildman–Crippen MR) is 68.9 cm³/mol. The summed E-state index contributed by atoms with van der Waals surface area (Å²) in [5.41, 5.74) is 2.55. The molecule has 0 unspecified atom stereocenters. The molecule has 3 heteroatoms. The van der Waals surface area contributed by atoms with E-state index in [1.54, 1.807) is 18.4 Å². The molecule has 0 spiro atoms. The molecule has 2 rings (SSSR count). The normalized spacial score (nSPS) is 10.6. The van der Waals surface area contributed by atoms with Crippen LogP contribution in [0.5, 0.6) is 0 Å². The first kappa shape index (κ1) is 11.1. The quantitative estimate of drug-likeness (QED) is 0.867. The summed E-state index contributed by atoms with van der Waals surface area (Å²) < 4.78 is 1.30. The van der Waals surface area contributed by atoms with Crippen molar-refractivity contribution in [3.63, 3.8) is 0 Å². The third kappa shape index (κ3) is 2.25. The molecule has 0 atom stereocenters.